The Bertz CT molecular complexity index is 1500. The fraction of sp³-hybridized carbons (Fsp3) is 0.419. The van der Waals surface area contributed by atoms with Crippen molar-refractivity contribution in [2.75, 3.05) is 42.5 Å². The van der Waals surface area contributed by atoms with E-state index in [1.54, 1.807) is 6.20 Å². The molecule has 1 unspecified atom stereocenters. The molecule has 2 aliphatic heterocycles. The van der Waals surface area contributed by atoms with E-state index in [1.807, 2.05) is 31.7 Å². The minimum atomic E-state index is -0.449. The molecule has 3 aromatic rings. The number of carbonyl (C=O) groups is 2. The van der Waals surface area contributed by atoms with Crippen molar-refractivity contribution in [3.63, 3.8) is 0 Å². The summed E-state index contributed by atoms with van der Waals surface area (Å²) in [6, 6.07) is 10.5. The number of rotatable bonds is 7. The number of hydrogen-bond acceptors (Lipinski definition) is 6. The Morgan fingerprint density at radius 2 is 1.85 bits per heavy atom. The van der Waals surface area contributed by atoms with Gasteiger partial charge >= 0.3 is 0 Å². The van der Waals surface area contributed by atoms with Crippen LogP contribution in [-0.4, -0.2) is 59.4 Å². The largest absolute Gasteiger partial charge is 0.450 e. The zero-order valence-corrected chi connectivity index (χ0v) is 25.0. The maximum absolute atomic E-state index is 14.3. The second-order valence-electron chi connectivity index (χ2n) is 11.7. The molecule has 1 atom stereocenters. The van der Waals surface area contributed by atoms with E-state index in [4.69, 9.17) is 4.74 Å². The van der Waals surface area contributed by atoms with Gasteiger partial charge in [0.25, 0.3) is 0 Å². The van der Waals surface area contributed by atoms with Crippen LogP contribution in [0.1, 0.15) is 31.9 Å². The van der Waals surface area contributed by atoms with Crippen LogP contribution in [0.4, 0.5) is 15.9 Å². The minimum absolute atomic E-state index is 0.0184. The van der Waals surface area contributed by atoms with Gasteiger partial charge in [-0.3, -0.25) is 9.59 Å². The fourth-order valence-corrected chi connectivity index (χ4v) is 6.74. The zero-order valence-electron chi connectivity index (χ0n) is 23.4. The molecule has 41 heavy (non-hydrogen) atoms. The molecule has 1 spiro atoms. The molecule has 0 radical (unpaired) electrons. The lowest BCUT2D eigenvalue weighted by Crippen LogP contribution is -2.73. The highest BCUT2D eigenvalue weighted by molar-refractivity contribution is 9.10. The third-order valence-corrected chi connectivity index (χ3v) is 8.83. The first-order valence-corrected chi connectivity index (χ1v) is 14.9. The van der Waals surface area contributed by atoms with Crippen LogP contribution in [-0.2, 0) is 22.4 Å². The number of aromatic nitrogens is 2. The van der Waals surface area contributed by atoms with Crippen LogP contribution in [0.2, 0.25) is 0 Å². The van der Waals surface area contributed by atoms with Crippen LogP contribution in [0, 0.1) is 23.1 Å². The van der Waals surface area contributed by atoms with E-state index in [2.05, 4.69) is 42.9 Å². The van der Waals surface area contributed by atoms with Gasteiger partial charge in [-0.15, -0.1) is 0 Å². The van der Waals surface area contributed by atoms with Crippen LogP contribution in [0.5, 0.6) is 11.5 Å². The standard InChI is InChI=1S/C31H33BrFN5O3/c1-4-38(29(39)19(2)3)25-12-24(33)7-8-26(25)41-27-13-34-18-35-28(27)36-14-31(15-36)16-37(17-31)30(40)22-9-20-5-6-23(32)11-21(20)10-22/h5-8,11-13,18-19,22H,4,9-10,14-17H2,1-3H3. The van der Waals surface area contributed by atoms with Crippen LogP contribution in [0.15, 0.2) is 53.4 Å². The van der Waals surface area contributed by atoms with E-state index >= 15 is 0 Å². The van der Waals surface area contributed by atoms with Gasteiger partial charge in [0.05, 0.1) is 11.9 Å². The number of carbonyl (C=O) groups excluding carboxylic acids is 2. The molecule has 0 saturated carbocycles. The van der Waals surface area contributed by atoms with Gasteiger partial charge in [-0.1, -0.05) is 35.8 Å². The van der Waals surface area contributed by atoms with Crippen LogP contribution >= 0.6 is 15.9 Å². The summed E-state index contributed by atoms with van der Waals surface area (Å²) in [6.07, 6.45) is 4.68. The SMILES string of the molecule is CCN(C(=O)C(C)C)c1cc(F)ccc1Oc1cncnc1N1CC2(CN(C(=O)C3Cc4ccc(Br)cc4C3)C2)C1. The summed E-state index contributed by atoms with van der Waals surface area (Å²) in [5.74, 6) is 0.881. The Morgan fingerprint density at radius 3 is 2.59 bits per heavy atom. The van der Waals surface area contributed by atoms with E-state index < -0.39 is 5.82 Å². The molecule has 8 nitrogen and oxygen atoms in total. The van der Waals surface area contributed by atoms with Gasteiger partial charge in [0.15, 0.2) is 17.3 Å². The summed E-state index contributed by atoms with van der Waals surface area (Å²) in [5, 5.41) is 0. The summed E-state index contributed by atoms with van der Waals surface area (Å²) in [4.78, 5) is 40.4. The van der Waals surface area contributed by atoms with Crippen molar-refractivity contribution in [3.8, 4) is 11.5 Å². The minimum Gasteiger partial charge on any atom is -0.450 e. The molecule has 1 aromatic heterocycles. The van der Waals surface area contributed by atoms with Crippen LogP contribution in [0.3, 0.4) is 0 Å². The van der Waals surface area contributed by atoms with Gasteiger partial charge in [-0.2, -0.15) is 0 Å². The Morgan fingerprint density at radius 1 is 1.10 bits per heavy atom. The Labute approximate surface area is 247 Å². The van der Waals surface area contributed by atoms with Crippen molar-refractivity contribution in [1.29, 1.82) is 0 Å². The van der Waals surface area contributed by atoms with E-state index in [0.717, 1.165) is 43.5 Å². The lowest BCUT2D eigenvalue weighted by molar-refractivity contribution is -0.149. The summed E-state index contributed by atoms with van der Waals surface area (Å²) >= 11 is 3.53. The first kappa shape index (κ1) is 27.6. The van der Waals surface area contributed by atoms with E-state index in [9.17, 15) is 14.0 Å². The lowest BCUT2D eigenvalue weighted by Gasteiger charge is -2.60. The van der Waals surface area contributed by atoms with Gasteiger partial charge in [-0.25, -0.2) is 14.4 Å². The molecular formula is C31H33BrFN5O3. The number of nitrogens with zero attached hydrogens (tertiary/aromatic N) is 5. The molecule has 214 valence electrons. The second-order valence-corrected chi connectivity index (χ2v) is 12.6. The Hall–Kier alpha value is -3.53. The van der Waals surface area contributed by atoms with E-state index in [0.29, 0.717) is 29.5 Å². The third-order valence-electron chi connectivity index (χ3n) is 8.33. The summed E-state index contributed by atoms with van der Waals surface area (Å²) < 4.78 is 21.6. The number of benzene rings is 2. The topological polar surface area (TPSA) is 78.9 Å². The van der Waals surface area contributed by atoms with Gasteiger partial charge in [-0.05, 0) is 55.2 Å². The normalized spacial score (nSPS) is 18.6. The number of anilines is 2. The fourth-order valence-electron chi connectivity index (χ4n) is 6.33. The van der Waals surface area contributed by atoms with Crippen molar-refractivity contribution in [3.05, 3.63) is 70.3 Å². The number of hydrogen-bond donors (Lipinski definition) is 0. The molecule has 1 aliphatic carbocycles. The third kappa shape index (κ3) is 5.18. The number of amides is 2. The van der Waals surface area contributed by atoms with Gasteiger partial charge in [0, 0.05) is 60.5 Å². The second kappa shape index (κ2) is 10.7. The van der Waals surface area contributed by atoms with Crippen LogP contribution in [0.25, 0.3) is 0 Å². The summed E-state index contributed by atoms with van der Waals surface area (Å²) in [7, 11) is 0. The van der Waals surface area contributed by atoms with E-state index in [1.165, 1.54) is 40.6 Å². The summed E-state index contributed by atoms with van der Waals surface area (Å²) in [6.45, 7) is 8.85. The first-order valence-electron chi connectivity index (χ1n) is 14.1. The van der Waals surface area contributed by atoms with Crippen LogP contribution < -0.4 is 14.5 Å². The molecule has 6 rings (SSSR count). The predicted octanol–water partition coefficient (Wildman–Crippen LogP) is 5.24. The monoisotopic (exact) mass is 621 g/mol. The maximum Gasteiger partial charge on any atom is 0.229 e. The van der Waals surface area contributed by atoms with E-state index in [-0.39, 0.29) is 29.1 Å². The average molecular weight is 623 g/mol. The van der Waals surface area contributed by atoms with Crippen molar-refractivity contribution in [2.24, 2.45) is 17.3 Å². The molecule has 0 bridgehead atoms. The molecule has 3 aliphatic rings. The number of likely N-dealkylation sites (tertiary alicyclic amines) is 1. The molecule has 2 aromatic carbocycles. The van der Waals surface area contributed by atoms with Gasteiger partial charge in [0.2, 0.25) is 11.8 Å². The predicted molar refractivity (Wildman–Crippen MR) is 158 cm³/mol. The maximum atomic E-state index is 14.3. The molecule has 0 N–H and O–H groups in total. The quantitative estimate of drug-likeness (QED) is 0.359. The lowest BCUT2D eigenvalue weighted by atomic mass is 9.72. The van der Waals surface area contributed by atoms with Gasteiger partial charge < -0.3 is 19.4 Å². The Kier molecular flexibility index (Phi) is 7.21. The molecular weight excluding hydrogens is 589 g/mol. The molecule has 10 heteroatoms. The summed E-state index contributed by atoms with van der Waals surface area (Å²) in [5.41, 5.74) is 2.96. The smallest absolute Gasteiger partial charge is 0.229 e. The molecule has 3 heterocycles. The molecule has 2 amide bonds. The first-order chi connectivity index (χ1) is 19.7. The van der Waals surface area contributed by atoms with Crippen molar-refractivity contribution in [1.82, 2.24) is 14.9 Å². The number of halogens is 2. The van der Waals surface area contributed by atoms with Crippen molar-refractivity contribution >= 4 is 39.2 Å². The molecule has 2 saturated heterocycles. The zero-order chi connectivity index (χ0) is 28.9. The Balaban J connectivity index is 1.12. The van der Waals surface area contributed by atoms with Gasteiger partial charge in [0.1, 0.15) is 12.1 Å². The highest BCUT2D eigenvalue weighted by atomic mass is 79.9. The highest BCUT2D eigenvalue weighted by Gasteiger charge is 2.54. The number of fused-ring (bicyclic) bond motifs is 1. The average Bonchev–Trinajstić information content (AvgIpc) is 3.33. The van der Waals surface area contributed by atoms with Crippen molar-refractivity contribution < 1.29 is 18.7 Å². The highest BCUT2D eigenvalue weighted by Crippen LogP contribution is 2.46. The van der Waals surface area contributed by atoms with Crippen molar-refractivity contribution in [2.45, 2.75) is 33.6 Å². The molecule has 2 fully saturated rings. The number of ether oxygens (including phenoxy) is 1.